The Morgan fingerprint density at radius 3 is 2.69 bits per heavy atom. The fourth-order valence-corrected chi connectivity index (χ4v) is 4.57. The second-order valence-corrected chi connectivity index (χ2v) is 9.41. The van der Waals surface area contributed by atoms with Crippen LogP contribution >= 0.6 is 0 Å². The van der Waals surface area contributed by atoms with Crippen LogP contribution in [0.15, 0.2) is 47.5 Å². The molecule has 1 fully saturated rings. The third-order valence-corrected chi connectivity index (χ3v) is 6.33. The fourth-order valence-electron chi connectivity index (χ4n) is 4.57. The fraction of sp³-hybridized carbons (Fsp3) is 0.481. The Morgan fingerprint density at radius 2 is 1.94 bits per heavy atom. The summed E-state index contributed by atoms with van der Waals surface area (Å²) in [5.41, 5.74) is 3.03. The van der Waals surface area contributed by atoms with Crippen LogP contribution in [0, 0.1) is 0 Å². The number of benzene rings is 1. The van der Waals surface area contributed by atoms with E-state index >= 15 is 0 Å². The summed E-state index contributed by atoms with van der Waals surface area (Å²) < 4.78 is 14.3. The first-order valence-corrected chi connectivity index (χ1v) is 12.4. The molecule has 2 aromatic heterocycles. The van der Waals surface area contributed by atoms with Crippen LogP contribution in [-0.4, -0.2) is 65.8 Å². The molecule has 0 bridgehead atoms. The summed E-state index contributed by atoms with van der Waals surface area (Å²) in [6.07, 6.45) is 7.05. The Kier molecular flexibility index (Phi) is 8.25. The number of nitrogens with zero attached hydrogens (tertiary/aromatic N) is 3. The quantitative estimate of drug-likeness (QED) is 0.452. The Hall–Kier alpha value is -3.10. The van der Waals surface area contributed by atoms with E-state index in [-0.39, 0.29) is 24.1 Å². The summed E-state index contributed by atoms with van der Waals surface area (Å²) in [7, 11) is 1.61. The van der Waals surface area contributed by atoms with Crippen LogP contribution in [-0.2, 0) is 22.5 Å². The van der Waals surface area contributed by atoms with Gasteiger partial charge in [0.25, 0.3) is 5.56 Å². The molecule has 0 saturated carbocycles. The molecule has 188 valence electrons. The number of rotatable bonds is 10. The predicted octanol–water partition coefficient (Wildman–Crippen LogP) is 2.96. The normalized spacial score (nSPS) is 14.5. The molecule has 35 heavy (non-hydrogen) atoms. The highest BCUT2D eigenvalue weighted by Gasteiger charge is 2.17. The number of aryl methyl sites for hydroxylation is 1. The number of carbonyl (C=O) groups excluding carboxylic acids is 1. The van der Waals surface area contributed by atoms with Gasteiger partial charge in [-0.15, -0.1) is 0 Å². The average molecular weight is 481 g/mol. The van der Waals surface area contributed by atoms with Crippen LogP contribution in [0.2, 0.25) is 0 Å². The zero-order valence-corrected chi connectivity index (χ0v) is 21.0. The molecule has 3 aromatic rings. The molecular weight excluding hydrogens is 444 g/mol. The highest BCUT2D eigenvalue weighted by molar-refractivity contribution is 5.77. The Balaban J connectivity index is 1.60. The number of morpholine rings is 1. The minimum atomic E-state index is -0.189. The van der Waals surface area contributed by atoms with Gasteiger partial charge in [-0.1, -0.05) is 12.1 Å². The lowest BCUT2D eigenvalue weighted by atomic mass is 10.1. The third kappa shape index (κ3) is 6.32. The molecule has 1 amide bonds. The highest BCUT2D eigenvalue weighted by atomic mass is 16.5. The number of carbonyl (C=O) groups is 1. The molecule has 8 heteroatoms. The van der Waals surface area contributed by atoms with E-state index < -0.39 is 0 Å². The number of aromatic nitrogens is 2. The maximum atomic E-state index is 13.6. The summed E-state index contributed by atoms with van der Waals surface area (Å²) in [4.78, 5) is 28.6. The number of nitrogens with one attached hydrogen (secondary N) is 1. The number of fused-ring (bicyclic) bond motifs is 1. The van der Waals surface area contributed by atoms with E-state index in [0.29, 0.717) is 17.0 Å². The second kappa shape index (κ2) is 11.6. The van der Waals surface area contributed by atoms with Crippen molar-refractivity contribution >= 4 is 11.4 Å². The van der Waals surface area contributed by atoms with Gasteiger partial charge < -0.3 is 19.2 Å². The summed E-state index contributed by atoms with van der Waals surface area (Å²) in [5.74, 6) is 0.507. The first-order chi connectivity index (χ1) is 16.9. The molecule has 4 rings (SSSR count). The summed E-state index contributed by atoms with van der Waals surface area (Å²) in [5, 5.41) is 2.89. The van der Waals surface area contributed by atoms with Gasteiger partial charge in [0.2, 0.25) is 5.91 Å². The Bertz CT molecular complexity index is 1210. The van der Waals surface area contributed by atoms with Crippen LogP contribution in [0.3, 0.4) is 0 Å². The lowest BCUT2D eigenvalue weighted by Crippen LogP contribution is -2.36. The minimum absolute atomic E-state index is 0.000400. The Labute approximate surface area is 206 Å². The second-order valence-electron chi connectivity index (χ2n) is 9.41. The molecule has 0 spiro atoms. The monoisotopic (exact) mass is 480 g/mol. The van der Waals surface area contributed by atoms with E-state index in [1.54, 1.807) is 11.7 Å². The predicted molar refractivity (Wildman–Crippen MR) is 137 cm³/mol. The van der Waals surface area contributed by atoms with Gasteiger partial charge in [0.1, 0.15) is 17.8 Å². The maximum Gasteiger partial charge on any atom is 0.275 e. The lowest BCUT2D eigenvalue weighted by molar-refractivity contribution is -0.122. The molecule has 1 aliphatic rings. The van der Waals surface area contributed by atoms with Crippen molar-refractivity contribution in [2.45, 2.75) is 45.7 Å². The van der Waals surface area contributed by atoms with Gasteiger partial charge in [-0.3, -0.25) is 19.1 Å². The van der Waals surface area contributed by atoms with E-state index in [9.17, 15) is 9.59 Å². The van der Waals surface area contributed by atoms with E-state index in [4.69, 9.17) is 9.47 Å². The molecule has 3 heterocycles. The first-order valence-electron chi connectivity index (χ1n) is 12.4. The molecule has 8 nitrogen and oxygen atoms in total. The number of hydrogen-bond donors (Lipinski definition) is 1. The topological polar surface area (TPSA) is 77.2 Å². The van der Waals surface area contributed by atoms with Crippen LogP contribution in [0.5, 0.6) is 5.75 Å². The zero-order valence-electron chi connectivity index (χ0n) is 21.0. The molecule has 1 aliphatic heterocycles. The number of methoxy groups -OCH3 is 1. The van der Waals surface area contributed by atoms with Gasteiger partial charge in [0.15, 0.2) is 0 Å². The van der Waals surface area contributed by atoms with Crippen molar-refractivity contribution in [3.05, 3.63) is 58.6 Å². The SMILES string of the molecule is COc1cccc(-c2cn3cc(CCCCN4CCOCC4)cc3c(=O)n2CC(=O)NC(C)C)c1. The molecule has 0 atom stereocenters. The van der Waals surface area contributed by atoms with Crippen LogP contribution in [0.25, 0.3) is 16.8 Å². The molecule has 1 aromatic carbocycles. The smallest absolute Gasteiger partial charge is 0.275 e. The van der Waals surface area contributed by atoms with Gasteiger partial charge in [-0.2, -0.15) is 0 Å². The van der Waals surface area contributed by atoms with E-state index in [0.717, 1.165) is 63.2 Å². The number of ether oxygens (including phenoxy) is 2. The largest absolute Gasteiger partial charge is 0.497 e. The van der Waals surface area contributed by atoms with Gasteiger partial charge in [-0.05, 0) is 63.4 Å². The van der Waals surface area contributed by atoms with Crippen LogP contribution in [0.4, 0.5) is 0 Å². The molecule has 1 saturated heterocycles. The highest BCUT2D eigenvalue weighted by Crippen LogP contribution is 2.24. The van der Waals surface area contributed by atoms with Crippen molar-refractivity contribution in [1.82, 2.24) is 19.2 Å². The van der Waals surface area contributed by atoms with Crippen molar-refractivity contribution in [2.75, 3.05) is 40.0 Å². The zero-order chi connectivity index (χ0) is 24.8. The summed E-state index contributed by atoms with van der Waals surface area (Å²) in [6, 6.07) is 9.52. The van der Waals surface area contributed by atoms with Gasteiger partial charge >= 0.3 is 0 Å². The van der Waals surface area contributed by atoms with E-state index in [1.807, 2.05) is 61.0 Å². The van der Waals surface area contributed by atoms with Crippen molar-refractivity contribution < 1.29 is 14.3 Å². The van der Waals surface area contributed by atoms with Gasteiger partial charge in [-0.25, -0.2) is 0 Å². The van der Waals surface area contributed by atoms with Crippen molar-refractivity contribution in [3.63, 3.8) is 0 Å². The third-order valence-electron chi connectivity index (χ3n) is 6.33. The van der Waals surface area contributed by atoms with Crippen molar-refractivity contribution in [3.8, 4) is 17.0 Å². The van der Waals surface area contributed by atoms with Crippen LogP contribution in [0.1, 0.15) is 32.3 Å². The number of unbranched alkanes of at least 4 members (excludes halogenated alkanes) is 1. The van der Waals surface area contributed by atoms with Crippen molar-refractivity contribution in [1.29, 1.82) is 0 Å². The van der Waals surface area contributed by atoms with Crippen LogP contribution < -0.4 is 15.6 Å². The van der Waals surface area contributed by atoms with E-state index in [2.05, 4.69) is 10.2 Å². The average Bonchev–Trinajstić information content (AvgIpc) is 3.27. The molecule has 0 aliphatic carbocycles. The molecule has 1 N–H and O–H groups in total. The first kappa shape index (κ1) is 25.0. The van der Waals surface area contributed by atoms with Crippen molar-refractivity contribution in [2.24, 2.45) is 0 Å². The molecule has 0 unspecified atom stereocenters. The van der Waals surface area contributed by atoms with E-state index in [1.165, 1.54) is 0 Å². The van der Waals surface area contributed by atoms with Gasteiger partial charge in [0, 0.05) is 37.1 Å². The summed E-state index contributed by atoms with van der Waals surface area (Å²) >= 11 is 0. The number of amides is 1. The standard InChI is InChI=1S/C27H36N4O4/c1-20(2)28-26(32)19-31-25(22-8-6-9-23(16-22)34-3)18-30-17-21(15-24(30)27(31)33)7-4-5-10-29-11-13-35-14-12-29/h6,8-9,15-18,20H,4-5,7,10-14,19H2,1-3H3,(H,28,32). The molecular formula is C27H36N4O4. The number of hydrogen-bond acceptors (Lipinski definition) is 5. The lowest BCUT2D eigenvalue weighted by Gasteiger charge is -2.26. The van der Waals surface area contributed by atoms with Gasteiger partial charge in [0.05, 0.1) is 26.0 Å². The maximum absolute atomic E-state index is 13.6. The molecule has 0 radical (unpaired) electrons. The summed E-state index contributed by atoms with van der Waals surface area (Å²) in [6.45, 7) is 8.51. The minimum Gasteiger partial charge on any atom is -0.497 e. The Morgan fingerprint density at radius 1 is 1.14 bits per heavy atom.